The van der Waals surface area contributed by atoms with Crippen LogP contribution in [0.5, 0.6) is 11.5 Å². The van der Waals surface area contributed by atoms with E-state index in [1.54, 1.807) is 6.07 Å². The van der Waals surface area contributed by atoms with Crippen molar-refractivity contribution in [3.63, 3.8) is 0 Å². The molecule has 120 valence electrons. The molecular formula is C17H22O5. The van der Waals surface area contributed by atoms with E-state index in [4.69, 9.17) is 0 Å². The average molecular weight is 306 g/mol. The molecular weight excluding hydrogens is 284 g/mol. The molecule has 0 bridgehead atoms. The third kappa shape index (κ3) is 1.75. The Morgan fingerprint density at radius 1 is 1.27 bits per heavy atom. The molecule has 0 spiro atoms. The molecule has 0 heterocycles. The van der Waals surface area contributed by atoms with Gasteiger partial charge in [-0.15, -0.1) is 0 Å². The van der Waals surface area contributed by atoms with Crippen LogP contribution >= 0.6 is 0 Å². The Bertz CT molecular complexity index is 640. The quantitative estimate of drug-likeness (QED) is 0.592. The first-order chi connectivity index (χ1) is 10.3. The van der Waals surface area contributed by atoms with Gasteiger partial charge in [0.05, 0.1) is 11.7 Å². The molecule has 0 radical (unpaired) electrons. The Hall–Kier alpha value is -1.59. The summed E-state index contributed by atoms with van der Waals surface area (Å²) in [7, 11) is 0. The number of ketones is 1. The molecule has 22 heavy (non-hydrogen) atoms. The molecule has 1 aromatic carbocycles. The number of aliphatic hydroxyl groups excluding tert-OH is 2. The van der Waals surface area contributed by atoms with Crippen molar-refractivity contribution in [3.8, 4) is 11.5 Å². The smallest absolute Gasteiger partial charge is 0.168 e. The molecule has 3 rings (SSSR count). The van der Waals surface area contributed by atoms with Crippen LogP contribution in [-0.4, -0.2) is 38.9 Å². The highest BCUT2D eigenvalue weighted by Gasteiger charge is 2.58. The van der Waals surface area contributed by atoms with Crippen LogP contribution in [0.3, 0.4) is 0 Å². The molecule has 0 saturated heterocycles. The minimum Gasteiger partial charge on any atom is -0.504 e. The van der Waals surface area contributed by atoms with Crippen molar-refractivity contribution in [1.29, 1.82) is 0 Å². The maximum Gasteiger partial charge on any atom is 0.168 e. The summed E-state index contributed by atoms with van der Waals surface area (Å²) in [5.74, 6) is -1.20. The number of aliphatic hydroxyl groups is 2. The highest BCUT2D eigenvalue weighted by molar-refractivity contribution is 6.02. The number of benzene rings is 1. The van der Waals surface area contributed by atoms with Crippen LogP contribution in [0.1, 0.15) is 49.0 Å². The highest BCUT2D eigenvalue weighted by Crippen LogP contribution is 2.58. The third-order valence-electron chi connectivity index (χ3n) is 6.01. The highest BCUT2D eigenvalue weighted by atomic mass is 16.3. The van der Waals surface area contributed by atoms with Gasteiger partial charge in [-0.05, 0) is 35.8 Å². The predicted octanol–water partition coefficient (Wildman–Crippen LogP) is 1.71. The molecule has 1 saturated carbocycles. The van der Waals surface area contributed by atoms with E-state index in [-0.39, 0.29) is 36.0 Å². The van der Waals surface area contributed by atoms with Gasteiger partial charge >= 0.3 is 0 Å². The van der Waals surface area contributed by atoms with Gasteiger partial charge in [0.2, 0.25) is 0 Å². The van der Waals surface area contributed by atoms with Crippen LogP contribution in [0.4, 0.5) is 0 Å². The van der Waals surface area contributed by atoms with Gasteiger partial charge in [-0.3, -0.25) is 4.79 Å². The Kier molecular flexibility index (Phi) is 3.27. The van der Waals surface area contributed by atoms with E-state index in [1.807, 2.05) is 13.8 Å². The summed E-state index contributed by atoms with van der Waals surface area (Å²) in [5.41, 5.74) is -0.505. The summed E-state index contributed by atoms with van der Waals surface area (Å²) in [4.78, 5) is 12.5. The standard InChI is InChI=1S/C17H22O5/c1-16(8-18)6-5-13(21)17(2)9-3-4-10(19)15(22)14(9)11(20)7-12(16)17/h3-4,12-13,18-19,21-22H,5-8H2,1-2H3/t12?,13-,16-,17-/m1/s1. The third-order valence-corrected chi connectivity index (χ3v) is 6.01. The monoisotopic (exact) mass is 306 g/mol. The molecule has 0 aromatic heterocycles. The lowest BCUT2D eigenvalue weighted by molar-refractivity contribution is -0.0814. The second-order valence-corrected chi connectivity index (χ2v) is 7.19. The lowest BCUT2D eigenvalue weighted by Crippen LogP contribution is -2.58. The molecule has 4 N–H and O–H groups in total. The van der Waals surface area contributed by atoms with Crippen LogP contribution < -0.4 is 0 Å². The number of fused-ring (bicyclic) bond motifs is 3. The molecule has 1 aromatic rings. The van der Waals surface area contributed by atoms with Crippen LogP contribution in [0.25, 0.3) is 0 Å². The van der Waals surface area contributed by atoms with Crippen molar-refractivity contribution in [2.45, 2.75) is 44.6 Å². The first kappa shape index (κ1) is 15.3. The zero-order valence-electron chi connectivity index (χ0n) is 12.8. The largest absolute Gasteiger partial charge is 0.504 e. The fourth-order valence-electron chi connectivity index (χ4n) is 4.51. The van der Waals surface area contributed by atoms with E-state index in [9.17, 15) is 25.2 Å². The van der Waals surface area contributed by atoms with E-state index in [1.165, 1.54) is 6.07 Å². The fraction of sp³-hybridized carbons (Fsp3) is 0.588. The van der Waals surface area contributed by atoms with Crippen LogP contribution in [0.2, 0.25) is 0 Å². The molecule has 5 heteroatoms. The van der Waals surface area contributed by atoms with Crippen molar-refractivity contribution in [2.24, 2.45) is 11.3 Å². The summed E-state index contributed by atoms with van der Waals surface area (Å²) in [6.45, 7) is 3.78. The Morgan fingerprint density at radius 2 is 1.95 bits per heavy atom. The molecule has 1 fully saturated rings. The summed E-state index contributed by atoms with van der Waals surface area (Å²) in [5, 5.41) is 40.3. The zero-order valence-corrected chi connectivity index (χ0v) is 12.8. The van der Waals surface area contributed by atoms with Gasteiger partial charge in [0, 0.05) is 18.4 Å². The number of phenols is 2. The fourth-order valence-corrected chi connectivity index (χ4v) is 4.51. The minimum absolute atomic E-state index is 0.0490. The van der Waals surface area contributed by atoms with Gasteiger partial charge < -0.3 is 20.4 Å². The Labute approximate surface area is 129 Å². The molecule has 0 amide bonds. The average Bonchev–Trinajstić information content (AvgIpc) is 2.49. The number of hydrogen-bond acceptors (Lipinski definition) is 5. The van der Waals surface area contributed by atoms with Gasteiger partial charge in [-0.1, -0.05) is 19.9 Å². The van der Waals surface area contributed by atoms with E-state index in [2.05, 4.69) is 0 Å². The summed E-state index contributed by atoms with van der Waals surface area (Å²) < 4.78 is 0. The van der Waals surface area contributed by atoms with E-state index in [0.29, 0.717) is 18.4 Å². The number of rotatable bonds is 1. The van der Waals surface area contributed by atoms with Gasteiger partial charge in [0.25, 0.3) is 0 Å². The number of phenolic OH excluding ortho intramolecular Hbond substituents is 2. The first-order valence-electron chi connectivity index (χ1n) is 7.63. The maximum absolute atomic E-state index is 12.5. The van der Waals surface area contributed by atoms with E-state index < -0.39 is 22.7 Å². The summed E-state index contributed by atoms with van der Waals surface area (Å²) in [6, 6.07) is 2.97. The van der Waals surface area contributed by atoms with Crippen LogP contribution in [0.15, 0.2) is 12.1 Å². The zero-order chi connectivity index (χ0) is 16.3. The lowest BCUT2D eigenvalue weighted by Gasteiger charge is -2.56. The number of hydrogen-bond donors (Lipinski definition) is 4. The molecule has 2 aliphatic rings. The first-order valence-corrected chi connectivity index (χ1v) is 7.63. The minimum atomic E-state index is -0.732. The molecule has 1 unspecified atom stereocenters. The number of carbonyl (C=O) groups excluding carboxylic acids is 1. The molecule has 0 aliphatic heterocycles. The lowest BCUT2D eigenvalue weighted by atomic mass is 9.48. The second-order valence-electron chi connectivity index (χ2n) is 7.19. The maximum atomic E-state index is 12.5. The van der Waals surface area contributed by atoms with Gasteiger partial charge in [0.1, 0.15) is 0 Å². The van der Waals surface area contributed by atoms with Gasteiger partial charge in [-0.2, -0.15) is 0 Å². The second kappa shape index (κ2) is 4.70. The van der Waals surface area contributed by atoms with Crippen LogP contribution in [-0.2, 0) is 5.41 Å². The molecule has 2 aliphatic carbocycles. The van der Waals surface area contributed by atoms with Crippen molar-refractivity contribution >= 4 is 5.78 Å². The SMILES string of the molecule is C[C@]1(CO)CC[C@@H](O)[C@]2(C)c3ccc(O)c(O)c3C(=O)CC12. The number of carbonyl (C=O) groups is 1. The summed E-state index contributed by atoms with van der Waals surface area (Å²) in [6.07, 6.45) is 0.666. The topological polar surface area (TPSA) is 98.0 Å². The van der Waals surface area contributed by atoms with E-state index >= 15 is 0 Å². The number of Topliss-reactive ketones (excluding diaryl/α,β-unsaturated/α-hetero) is 1. The normalized spacial score (nSPS) is 37.5. The number of aromatic hydroxyl groups is 2. The van der Waals surface area contributed by atoms with Crippen LogP contribution in [0, 0.1) is 11.3 Å². The van der Waals surface area contributed by atoms with Crippen molar-refractivity contribution in [2.75, 3.05) is 6.61 Å². The molecule has 5 nitrogen and oxygen atoms in total. The van der Waals surface area contributed by atoms with Gasteiger partial charge in [-0.25, -0.2) is 0 Å². The van der Waals surface area contributed by atoms with Crippen molar-refractivity contribution < 1.29 is 25.2 Å². The van der Waals surface area contributed by atoms with E-state index in [0.717, 1.165) is 0 Å². The Morgan fingerprint density at radius 3 is 2.59 bits per heavy atom. The Balaban J connectivity index is 2.26. The van der Waals surface area contributed by atoms with Gasteiger partial charge in [0.15, 0.2) is 17.3 Å². The predicted molar refractivity (Wildman–Crippen MR) is 80.0 cm³/mol. The van der Waals surface area contributed by atoms with Crippen molar-refractivity contribution in [3.05, 3.63) is 23.3 Å². The molecule has 4 atom stereocenters. The summed E-state index contributed by atoms with van der Waals surface area (Å²) >= 11 is 0. The van der Waals surface area contributed by atoms with Crippen molar-refractivity contribution in [1.82, 2.24) is 0 Å².